The third-order valence-corrected chi connectivity index (χ3v) is 12.5. The number of aryl methyl sites for hydroxylation is 2. The Morgan fingerprint density at radius 1 is 0.529 bits per heavy atom. The predicted molar refractivity (Wildman–Crippen MR) is 124 cm³/mol. The maximum Gasteiger partial charge on any atom is 0.296 e. The Balaban J connectivity index is 1.11. The smallest absolute Gasteiger partial charge is 0.266 e. The van der Waals surface area contributed by atoms with Crippen LogP contribution in [0.4, 0.5) is 0 Å². The van der Waals surface area contributed by atoms with Crippen molar-refractivity contribution in [2.45, 2.75) is 23.6 Å². The molecule has 2 aromatic carbocycles. The number of rotatable bonds is 8. The van der Waals surface area contributed by atoms with Crippen LogP contribution in [0.15, 0.2) is 58.3 Å². The molecule has 2 aromatic rings. The molecule has 6 saturated carbocycles. The molecule has 0 radical (unpaired) electrons. The van der Waals surface area contributed by atoms with E-state index < -0.39 is 20.2 Å². The van der Waals surface area contributed by atoms with Gasteiger partial charge in [-0.15, -0.1) is 0 Å². The summed E-state index contributed by atoms with van der Waals surface area (Å²) in [6.45, 7) is 4.01. The molecule has 0 saturated heterocycles. The minimum atomic E-state index is -3.87. The van der Waals surface area contributed by atoms with Crippen molar-refractivity contribution < 1.29 is 25.2 Å². The molecule has 6 aliphatic rings. The van der Waals surface area contributed by atoms with Gasteiger partial charge in [0.15, 0.2) is 0 Å². The molecule has 0 aliphatic heterocycles. The summed E-state index contributed by atoms with van der Waals surface area (Å²) in [5, 5.41) is 0. The van der Waals surface area contributed by atoms with E-state index in [1.54, 1.807) is 48.5 Å². The van der Waals surface area contributed by atoms with Gasteiger partial charge in [0.25, 0.3) is 20.2 Å². The van der Waals surface area contributed by atoms with E-state index in [0.717, 1.165) is 23.0 Å². The second-order valence-electron chi connectivity index (χ2n) is 11.0. The Morgan fingerprint density at radius 3 is 1.15 bits per heavy atom. The Morgan fingerprint density at radius 2 is 0.824 bits per heavy atom. The molecule has 8 rings (SSSR count). The second-order valence-corrected chi connectivity index (χ2v) is 14.3. The Kier molecular flexibility index (Phi) is 4.39. The maximum absolute atomic E-state index is 12.8. The molecule has 6 fully saturated rings. The first-order valence-corrected chi connectivity index (χ1v) is 14.9. The zero-order chi connectivity index (χ0) is 23.6. The second kappa shape index (κ2) is 6.93. The van der Waals surface area contributed by atoms with Gasteiger partial charge in [-0.05, 0) is 97.3 Å². The van der Waals surface area contributed by atoms with Gasteiger partial charge in [0.05, 0.1) is 23.0 Å². The van der Waals surface area contributed by atoms with Crippen molar-refractivity contribution in [1.29, 1.82) is 0 Å². The SMILES string of the molecule is Cc1ccc(S(=O)(=O)OC[C@@H]2C3[C@H]4C5C6[C@H]4C([C@H]6[C@H]53)[C@@H]2COS(=O)(=O)c2ccc(C)cc2)cc1. The standard InChI is InChI=1S/C26H28O6S2/c1-13-3-7-15(8-4-13)33(27,28)31-11-17-18(12-32-34(29,30)16-9-5-14(2)6-10-16)20-23-21-19(17)22-24(20)26(23)25(21)22/h3-10,17-26H,11-12H2,1-2H3/t17-,18+,19?,20?,21+,22+,23-,24-,25?,26?. The highest BCUT2D eigenvalue weighted by Crippen LogP contribution is 2.93. The van der Waals surface area contributed by atoms with E-state index in [0.29, 0.717) is 35.5 Å². The molecule has 0 heterocycles. The molecule has 2 bridgehead atoms. The fourth-order valence-electron chi connectivity index (χ4n) is 8.61. The molecule has 6 aliphatic carbocycles. The van der Waals surface area contributed by atoms with Gasteiger partial charge in [0, 0.05) is 0 Å². The summed E-state index contributed by atoms with van der Waals surface area (Å²) in [7, 11) is -7.73. The summed E-state index contributed by atoms with van der Waals surface area (Å²) in [6.07, 6.45) is 0. The first kappa shape index (κ1) is 21.5. The normalized spacial score (nSPS) is 40.4. The van der Waals surface area contributed by atoms with Crippen LogP contribution in [-0.4, -0.2) is 30.0 Å². The number of fused-ring (bicyclic) bond motifs is 1. The van der Waals surface area contributed by atoms with E-state index in [2.05, 4.69) is 0 Å². The van der Waals surface area contributed by atoms with Crippen LogP contribution in [0.5, 0.6) is 0 Å². The lowest BCUT2D eigenvalue weighted by Gasteiger charge is -2.95. The Hall–Kier alpha value is -1.74. The molecule has 6 atom stereocenters. The van der Waals surface area contributed by atoms with Gasteiger partial charge < -0.3 is 0 Å². The lowest BCUT2D eigenvalue weighted by Crippen LogP contribution is -2.92. The summed E-state index contributed by atoms with van der Waals surface area (Å²) < 4.78 is 62.6. The summed E-state index contributed by atoms with van der Waals surface area (Å²) in [6, 6.07) is 13.3. The van der Waals surface area contributed by atoms with Crippen molar-refractivity contribution in [2.24, 2.45) is 59.2 Å². The third-order valence-electron chi connectivity index (χ3n) is 9.88. The molecule has 0 unspecified atom stereocenters. The van der Waals surface area contributed by atoms with E-state index in [9.17, 15) is 16.8 Å². The first-order valence-electron chi connectivity index (χ1n) is 12.1. The fourth-order valence-corrected chi connectivity index (χ4v) is 10.5. The van der Waals surface area contributed by atoms with Crippen LogP contribution in [0.2, 0.25) is 0 Å². The highest BCUT2D eigenvalue weighted by molar-refractivity contribution is 7.87. The molecule has 0 spiro atoms. The predicted octanol–water partition coefficient (Wildman–Crippen LogP) is 3.64. The van der Waals surface area contributed by atoms with Crippen LogP contribution in [0, 0.1) is 73.0 Å². The van der Waals surface area contributed by atoms with Crippen molar-refractivity contribution in [1.82, 2.24) is 0 Å². The van der Waals surface area contributed by atoms with E-state index in [4.69, 9.17) is 8.37 Å². The molecular formula is C26H28O6S2. The van der Waals surface area contributed by atoms with Crippen LogP contribution in [-0.2, 0) is 28.6 Å². The quantitative estimate of drug-likeness (QED) is 0.515. The lowest BCUT2D eigenvalue weighted by atomic mass is 9.09. The van der Waals surface area contributed by atoms with Gasteiger partial charge in [-0.2, -0.15) is 16.8 Å². The van der Waals surface area contributed by atoms with E-state index in [1.807, 2.05) is 13.8 Å². The van der Waals surface area contributed by atoms with Gasteiger partial charge in [-0.25, -0.2) is 0 Å². The average molecular weight is 501 g/mol. The van der Waals surface area contributed by atoms with Crippen LogP contribution in [0.25, 0.3) is 0 Å². The van der Waals surface area contributed by atoms with E-state index >= 15 is 0 Å². The summed E-state index contributed by atoms with van der Waals surface area (Å²) in [4.78, 5) is 0.318. The highest BCUT2D eigenvalue weighted by atomic mass is 32.2. The summed E-state index contributed by atoms with van der Waals surface area (Å²) in [5.41, 5.74) is 1.97. The Bertz CT molecular complexity index is 1240. The first-order chi connectivity index (χ1) is 16.2. The zero-order valence-corrected chi connectivity index (χ0v) is 20.7. The Labute approximate surface area is 200 Å². The zero-order valence-electron chi connectivity index (χ0n) is 19.1. The molecule has 0 N–H and O–H groups in total. The molecule has 180 valence electrons. The molecule has 0 aromatic heterocycles. The third kappa shape index (κ3) is 2.68. The van der Waals surface area contributed by atoms with Gasteiger partial charge in [-0.3, -0.25) is 8.37 Å². The van der Waals surface area contributed by atoms with E-state index in [1.165, 1.54) is 0 Å². The largest absolute Gasteiger partial charge is 0.296 e. The number of benzene rings is 2. The number of hydrogen-bond donors (Lipinski definition) is 0. The topological polar surface area (TPSA) is 86.7 Å². The average Bonchev–Trinajstić information content (AvgIpc) is 2.78. The van der Waals surface area contributed by atoms with Crippen LogP contribution >= 0.6 is 0 Å². The molecule has 0 amide bonds. The summed E-state index contributed by atoms with van der Waals surface area (Å²) in [5.74, 6) is 5.33. The minimum absolute atomic E-state index is 0.0124. The van der Waals surface area contributed by atoms with E-state index in [-0.39, 0.29) is 34.8 Å². The van der Waals surface area contributed by atoms with Crippen molar-refractivity contribution in [3.05, 3.63) is 59.7 Å². The van der Waals surface area contributed by atoms with Gasteiger partial charge in [0.2, 0.25) is 0 Å². The van der Waals surface area contributed by atoms with Crippen LogP contribution < -0.4 is 0 Å². The fraction of sp³-hybridized carbons (Fsp3) is 0.538. The van der Waals surface area contributed by atoms with Gasteiger partial charge in [-0.1, -0.05) is 35.4 Å². The van der Waals surface area contributed by atoms with Crippen molar-refractivity contribution in [2.75, 3.05) is 13.2 Å². The molecule has 8 heteroatoms. The minimum Gasteiger partial charge on any atom is -0.266 e. The molecule has 34 heavy (non-hydrogen) atoms. The molecular weight excluding hydrogens is 472 g/mol. The van der Waals surface area contributed by atoms with Crippen molar-refractivity contribution in [3.63, 3.8) is 0 Å². The van der Waals surface area contributed by atoms with Crippen molar-refractivity contribution in [3.8, 4) is 0 Å². The van der Waals surface area contributed by atoms with Crippen molar-refractivity contribution >= 4 is 20.2 Å². The summed E-state index contributed by atoms with van der Waals surface area (Å²) >= 11 is 0. The monoisotopic (exact) mass is 500 g/mol. The maximum atomic E-state index is 12.8. The molecule has 6 nitrogen and oxygen atoms in total. The highest BCUT2D eigenvalue weighted by Gasteiger charge is 2.90. The lowest BCUT2D eigenvalue weighted by molar-refractivity contribution is -0.487. The van der Waals surface area contributed by atoms with Gasteiger partial charge >= 0.3 is 0 Å². The number of hydrogen-bond acceptors (Lipinski definition) is 6. The van der Waals surface area contributed by atoms with Gasteiger partial charge in [0.1, 0.15) is 0 Å². The van der Waals surface area contributed by atoms with Crippen LogP contribution in [0.3, 0.4) is 0 Å². The van der Waals surface area contributed by atoms with Crippen LogP contribution in [0.1, 0.15) is 11.1 Å².